The van der Waals surface area contributed by atoms with Crippen molar-refractivity contribution in [2.45, 2.75) is 52.0 Å². The summed E-state index contributed by atoms with van der Waals surface area (Å²) in [5, 5.41) is 14.9. The minimum Gasteiger partial charge on any atom is -0.409 e. The van der Waals surface area contributed by atoms with Crippen molar-refractivity contribution in [2.24, 2.45) is 16.3 Å². The number of nitrogens with zero attached hydrogens (tertiary/aromatic N) is 1. The topological polar surface area (TPSA) is 70.6 Å². The van der Waals surface area contributed by atoms with Gasteiger partial charge in [0.15, 0.2) is 0 Å². The third-order valence-electron chi connectivity index (χ3n) is 3.21. The van der Waals surface area contributed by atoms with Gasteiger partial charge in [0.1, 0.15) is 5.84 Å². The van der Waals surface area contributed by atoms with Crippen LogP contribution in [0.5, 0.6) is 0 Å². The zero-order chi connectivity index (χ0) is 11.3. The predicted octanol–water partition coefficient (Wildman–Crippen LogP) is 1.68. The zero-order valence-corrected chi connectivity index (χ0v) is 9.79. The van der Waals surface area contributed by atoms with Gasteiger partial charge in [-0.25, -0.2) is 0 Å². The fraction of sp³-hybridized carbons (Fsp3) is 0.909. The first-order valence-electron chi connectivity index (χ1n) is 5.81. The van der Waals surface area contributed by atoms with E-state index in [0.29, 0.717) is 17.7 Å². The Balaban J connectivity index is 2.19. The highest BCUT2D eigenvalue weighted by atomic mass is 16.4. The molecule has 0 saturated heterocycles. The van der Waals surface area contributed by atoms with Gasteiger partial charge in [-0.15, -0.1) is 0 Å². The van der Waals surface area contributed by atoms with E-state index in [-0.39, 0.29) is 6.04 Å². The number of nitrogens with one attached hydrogen (secondary N) is 1. The van der Waals surface area contributed by atoms with Crippen LogP contribution in [-0.2, 0) is 0 Å². The monoisotopic (exact) mass is 213 g/mol. The molecule has 88 valence electrons. The van der Waals surface area contributed by atoms with Crippen LogP contribution in [-0.4, -0.2) is 23.6 Å². The van der Waals surface area contributed by atoms with E-state index in [2.05, 4.69) is 24.3 Å². The summed E-state index contributed by atoms with van der Waals surface area (Å²) in [6.07, 6.45) is 5.89. The van der Waals surface area contributed by atoms with Gasteiger partial charge in [0, 0.05) is 19.0 Å². The third kappa shape index (κ3) is 4.08. The van der Waals surface area contributed by atoms with E-state index >= 15 is 0 Å². The molecule has 1 unspecified atom stereocenters. The van der Waals surface area contributed by atoms with Crippen LogP contribution in [0.25, 0.3) is 0 Å². The maximum Gasteiger partial charge on any atom is 0.140 e. The molecule has 1 aliphatic rings. The van der Waals surface area contributed by atoms with Crippen LogP contribution in [0.4, 0.5) is 0 Å². The molecule has 1 saturated carbocycles. The number of amidine groups is 1. The molecule has 4 heteroatoms. The molecule has 1 atom stereocenters. The highest BCUT2D eigenvalue weighted by molar-refractivity contribution is 5.80. The Morgan fingerprint density at radius 1 is 1.60 bits per heavy atom. The van der Waals surface area contributed by atoms with Gasteiger partial charge in [-0.05, 0) is 31.6 Å². The molecule has 0 amide bonds. The average Bonchev–Trinajstić information content (AvgIpc) is 2.96. The summed E-state index contributed by atoms with van der Waals surface area (Å²) >= 11 is 0. The smallest absolute Gasteiger partial charge is 0.140 e. The van der Waals surface area contributed by atoms with Crippen LogP contribution < -0.4 is 11.1 Å². The Labute approximate surface area is 91.9 Å². The fourth-order valence-corrected chi connectivity index (χ4v) is 2.04. The zero-order valence-electron chi connectivity index (χ0n) is 9.79. The van der Waals surface area contributed by atoms with Crippen molar-refractivity contribution in [3.8, 4) is 0 Å². The predicted molar refractivity (Wildman–Crippen MR) is 62.1 cm³/mol. The van der Waals surface area contributed by atoms with Crippen LogP contribution in [0.2, 0.25) is 0 Å². The van der Waals surface area contributed by atoms with Crippen LogP contribution in [0, 0.1) is 5.41 Å². The summed E-state index contributed by atoms with van der Waals surface area (Å²) in [5.74, 6) is 0.301. The molecule has 0 aromatic heterocycles. The van der Waals surface area contributed by atoms with Crippen molar-refractivity contribution in [2.75, 3.05) is 6.54 Å². The van der Waals surface area contributed by atoms with Crippen molar-refractivity contribution in [1.82, 2.24) is 5.32 Å². The lowest BCUT2D eigenvalue weighted by Gasteiger charge is -2.19. The standard InChI is InChI=1S/C11H23N3O/c1-3-4-11(5-6-11)8-13-9(2)7-10(12)14-15/h9,13,15H,3-8H2,1-2H3,(H2,12,14). The van der Waals surface area contributed by atoms with Crippen molar-refractivity contribution in [1.29, 1.82) is 0 Å². The number of hydrogen-bond acceptors (Lipinski definition) is 3. The summed E-state index contributed by atoms with van der Waals surface area (Å²) in [6, 6.07) is 0.287. The quantitative estimate of drug-likeness (QED) is 0.261. The van der Waals surface area contributed by atoms with E-state index in [4.69, 9.17) is 10.9 Å². The van der Waals surface area contributed by atoms with Crippen molar-refractivity contribution < 1.29 is 5.21 Å². The lowest BCUT2D eigenvalue weighted by atomic mass is 10.0. The summed E-state index contributed by atoms with van der Waals surface area (Å²) < 4.78 is 0. The second-order valence-electron chi connectivity index (χ2n) is 4.83. The van der Waals surface area contributed by atoms with E-state index in [9.17, 15) is 0 Å². The Kier molecular flexibility index (Phi) is 4.39. The van der Waals surface area contributed by atoms with E-state index < -0.39 is 0 Å². The van der Waals surface area contributed by atoms with Crippen molar-refractivity contribution in [3.63, 3.8) is 0 Å². The Morgan fingerprint density at radius 2 is 2.27 bits per heavy atom. The molecule has 15 heavy (non-hydrogen) atoms. The molecule has 0 aromatic rings. The minimum absolute atomic E-state index is 0.287. The van der Waals surface area contributed by atoms with Gasteiger partial charge in [-0.2, -0.15) is 0 Å². The number of oxime groups is 1. The number of hydrogen-bond donors (Lipinski definition) is 3. The molecule has 0 aromatic carbocycles. The van der Waals surface area contributed by atoms with Crippen LogP contribution in [0.3, 0.4) is 0 Å². The molecule has 1 rings (SSSR count). The SMILES string of the molecule is CCCC1(CNC(C)CC(N)=NO)CC1. The lowest BCUT2D eigenvalue weighted by molar-refractivity contribution is 0.315. The summed E-state index contributed by atoms with van der Waals surface area (Å²) in [4.78, 5) is 0. The molecule has 4 nitrogen and oxygen atoms in total. The normalized spacial score (nSPS) is 21.3. The van der Waals surface area contributed by atoms with E-state index in [1.807, 2.05) is 0 Å². The first-order valence-corrected chi connectivity index (χ1v) is 5.81. The second-order valence-corrected chi connectivity index (χ2v) is 4.83. The van der Waals surface area contributed by atoms with Crippen LogP contribution >= 0.6 is 0 Å². The van der Waals surface area contributed by atoms with E-state index in [0.717, 1.165) is 6.54 Å². The van der Waals surface area contributed by atoms with Crippen molar-refractivity contribution >= 4 is 5.84 Å². The van der Waals surface area contributed by atoms with Gasteiger partial charge in [-0.3, -0.25) is 0 Å². The molecular weight excluding hydrogens is 190 g/mol. The summed E-state index contributed by atoms with van der Waals surface area (Å²) in [5.41, 5.74) is 6.01. The Bertz CT molecular complexity index is 224. The highest BCUT2D eigenvalue weighted by Gasteiger charge is 2.41. The molecule has 0 aliphatic heterocycles. The molecular formula is C11H23N3O. The molecule has 0 spiro atoms. The molecule has 1 fully saturated rings. The summed E-state index contributed by atoms with van der Waals surface area (Å²) in [7, 11) is 0. The van der Waals surface area contributed by atoms with Gasteiger partial charge in [0.2, 0.25) is 0 Å². The van der Waals surface area contributed by atoms with E-state index in [1.54, 1.807) is 0 Å². The van der Waals surface area contributed by atoms with E-state index in [1.165, 1.54) is 25.7 Å². The largest absolute Gasteiger partial charge is 0.409 e. The average molecular weight is 213 g/mol. The van der Waals surface area contributed by atoms with Crippen molar-refractivity contribution in [3.05, 3.63) is 0 Å². The van der Waals surface area contributed by atoms with Gasteiger partial charge in [0.05, 0.1) is 0 Å². The molecule has 4 N–H and O–H groups in total. The highest BCUT2D eigenvalue weighted by Crippen LogP contribution is 2.48. The van der Waals surface area contributed by atoms with Gasteiger partial charge in [0.25, 0.3) is 0 Å². The van der Waals surface area contributed by atoms with Crippen LogP contribution in [0.15, 0.2) is 5.16 Å². The fourth-order valence-electron chi connectivity index (χ4n) is 2.04. The first kappa shape index (κ1) is 12.3. The maximum atomic E-state index is 8.44. The lowest BCUT2D eigenvalue weighted by Crippen LogP contribution is -2.35. The van der Waals surface area contributed by atoms with Gasteiger partial charge < -0.3 is 16.3 Å². The molecule has 0 radical (unpaired) electrons. The molecule has 1 aliphatic carbocycles. The van der Waals surface area contributed by atoms with Gasteiger partial charge >= 0.3 is 0 Å². The third-order valence-corrected chi connectivity index (χ3v) is 3.21. The molecule has 0 heterocycles. The number of nitrogens with two attached hydrogens (primary N) is 1. The maximum absolute atomic E-state index is 8.44. The Hall–Kier alpha value is -0.770. The second kappa shape index (κ2) is 5.35. The summed E-state index contributed by atoms with van der Waals surface area (Å²) in [6.45, 7) is 5.38. The molecule has 0 bridgehead atoms. The first-order chi connectivity index (χ1) is 7.12. The number of rotatable bonds is 7. The van der Waals surface area contributed by atoms with Crippen LogP contribution in [0.1, 0.15) is 46.0 Å². The van der Waals surface area contributed by atoms with Gasteiger partial charge in [-0.1, -0.05) is 18.5 Å². The Morgan fingerprint density at radius 3 is 2.73 bits per heavy atom. The minimum atomic E-state index is 0.287.